The van der Waals surface area contributed by atoms with Crippen molar-refractivity contribution < 1.29 is 13.6 Å². The second kappa shape index (κ2) is 4.79. The lowest BCUT2D eigenvalue weighted by Gasteiger charge is -2.08. The number of aromatic nitrogens is 1. The van der Waals surface area contributed by atoms with Gasteiger partial charge in [-0.2, -0.15) is 5.26 Å². The van der Waals surface area contributed by atoms with E-state index in [4.69, 9.17) is 16.9 Å². The summed E-state index contributed by atoms with van der Waals surface area (Å²) < 4.78 is 28.0. The summed E-state index contributed by atoms with van der Waals surface area (Å²) in [5.41, 5.74) is 0.0335. The zero-order valence-electron chi connectivity index (χ0n) is 10.4. The van der Waals surface area contributed by atoms with Crippen molar-refractivity contribution in [2.75, 3.05) is 0 Å². The molecule has 1 aliphatic heterocycles. The van der Waals surface area contributed by atoms with E-state index in [1.54, 1.807) is 6.07 Å². The molecule has 0 atom stereocenters. The molecule has 1 N–H and O–H groups in total. The summed E-state index contributed by atoms with van der Waals surface area (Å²) in [5.74, 6) is -2.19. The summed E-state index contributed by atoms with van der Waals surface area (Å²) >= 11 is 5.98. The van der Waals surface area contributed by atoms with Crippen LogP contribution >= 0.6 is 11.6 Å². The Labute approximate surface area is 123 Å². The van der Waals surface area contributed by atoms with Crippen LogP contribution in [0.2, 0.25) is 5.02 Å². The molecule has 104 valence electrons. The maximum Gasteiger partial charge on any atom is 0.255 e. The highest BCUT2D eigenvalue weighted by Crippen LogP contribution is 2.31. The fourth-order valence-electron chi connectivity index (χ4n) is 2.19. The number of rotatable bonds is 1. The van der Waals surface area contributed by atoms with Gasteiger partial charge < -0.3 is 5.32 Å². The van der Waals surface area contributed by atoms with Gasteiger partial charge in [0.05, 0.1) is 45.7 Å². The Balaban J connectivity index is 2.22. The SMILES string of the molecule is N#Cc1cc(F)c(-c2cc(Cl)c3c(n2)CNC3=O)c(F)c1. The second-order valence-electron chi connectivity index (χ2n) is 4.42. The lowest BCUT2D eigenvalue weighted by atomic mass is 10.1. The Morgan fingerprint density at radius 3 is 2.52 bits per heavy atom. The third-order valence-electron chi connectivity index (χ3n) is 3.12. The van der Waals surface area contributed by atoms with Crippen molar-refractivity contribution in [3.05, 3.63) is 51.7 Å². The molecule has 1 aromatic heterocycles. The summed E-state index contributed by atoms with van der Waals surface area (Å²) in [6, 6.07) is 4.74. The van der Waals surface area contributed by atoms with Gasteiger partial charge in [-0.25, -0.2) is 13.8 Å². The van der Waals surface area contributed by atoms with E-state index in [0.717, 1.165) is 12.1 Å². The number of amides is 1. The van der Waals surface area contributed by atoms with E-state index in [-0.39, 0.29) is 39.9 Å². The number of hydrogen-bond donors (Lipinski definition) is 1. The van der Waals surface area contributed by atoms with Gasteiger partial charge in [-0.3, -0.25) is 4.79 Å². The van der Waals surface area contributed by atoms with Crippen LogP contribution in [0.25, 0.3) is 11.3 Å². The van der Waals surface area contributed by atoms with Crippen molar-refractivity contribution in [3.63, 3.8) is 0 Å². The number of pyridine rings is 1. The van der Waals surface area contributed by atoms with E-state index >= 15 is 0 Å². The largest absolute Gasteiger partial charge is 0.346 e. The summed E-state index contributed by atoms with van der Waals surface area (Å²) in [5, 5.41) is 11.3. The van der Waals surface area contributed by atoms with Gasteiger partial charge in [-0.15, -0.1) is 0 Å². The summed E-state index contributed by atoms with van der Waals surface area (Å²) in [6.07, 6.45) is 0. The molecule has 3 rings (SSSR count). The molecule has 21 heavy (non-hydrogen) atoms. The van der Waals surface area contributed by atoms with Crippen molar-refractivity contribution in [2.24, 2.45) is 0 Å². The molecule has 4 nitrogen and oxygen atoms in total. The van der Waals surface area contributed by atoms with Crippen LogP contribution in [0.1, 0.15) is 21.6 Å². The molecule has 0 fully saturated rings. The van der Waals surface area contributed by atoms with Crippen molar-refractivity contribution >= 4 is 17.5 Å². The van der Waals surface area contributed by atoms with Crippen LogP contribution in [-0.4, -0.2) is 10.9 Å². The number of nitriles is 1. The molecule has 2 aromatic rings. The Kier molecular flexibility index (Phi) is 3.07. The quantitative estimate of drug-likeness (QED) is 0.881. The van der Waals surface area contributed by atoms with E-state index in [1.807, 2.05) is 0 Å². The standard InChI is InChI=1S/C14H6ClF2N3O/c15-7-3-10(20-11-5-19-14(21)12(7)11)13-8(16)1-6(4-18)2-9(13)17/h1-3H,5H2,(H,19,21). The molecule has 1 aromatic carbocycles. The van der Waals surface area contributed by atoms with Crippen LogP contribution in [0.4, 0.5) is 8.78 Å². The fraction of sp³-hybridized carbons (Fsp3) is 0.0714. The highest BCUT2D eigenvalue weighted by molar-refractivity contribution is 6.34. The minimum absolute atomic E-state index is 0.0188. The lowest BCUT2D eigenvalue weighted by Crippen LogP contribution is -2.12. The molecule has 7 heteroatoms. The summed E-state index contributed by atoms with van der Waals surface area (Å²) in [4.78, 5) is 15.6. The van der Waals surface area contributed by atoms with Gasteiger partial charge in [0.2, 0.25) is 0 Å². The summed E-state index contributed by atoms with van der Waals surface area (Å²) in [6.45, 7) is 0.154. The Morgan fingerprint density at radius 2 is 1.90 bits per heavy atom. The number of carbonyl (C=O) groups is 1. The number of nitrogens with zero attached hydrogens (tertiary/aromatic N) is 2. The predicted octanol–water partition coefficient (Wildman–Crippen LogP) is 2.80. The van der Waals surface area contributed by atoms with E-state index in [9.17, 15) is 13.6 Å². The van der Waals surface area contributed by atoms with E-state index in [1.165, 1.54) is 6.07 Å². The number of nitrogens with one attached hydrogen (secondary N) is 1. The Hall–Kier alpha value is -2.52. The number of carbonyl (C=O) groups excluding carboxylic acids is 1. The van der Waals surface area contributed by atoms with Gasteiger partial charge in [0.15, 0.2) is 0 Å². The monoisotopic (exact) mass is 305 g/mol. The molecular weight excluding hydrogens is 300 g/mol. The lowest BCUT2D eigenvalue weighted by molar-refractivity contribution is 0.0966. The molecule has 0 saturated carbocycles. The first-order valence-electron chi connectivity index (χ1n) is 5.88. The Bertz CT molecular complexity index is 807. The number of fused-ring (bicyclic) bond motifs is 1. The summed E-state index contributed by atoms with van der Waals surface area (Å²) in [7, 11) is 0. The molecular formula is C14H6ClF2N3O. The van der Waals surface area contributed by atoms with E-state index in [0.29, 0.717) is 5.69 Å². The van der Waals surface area contributed by atoms with Crippen LogP contribution in [0, 0.1) is 23.0 Å². The zero-order valence-corrected chi connectivity index (χ0v) is 11.1. The smallest absolute Gasteiger partial charge is 0.255 e. The minimum Gasteiger partial charge on any atom is -0.346 e. The molecule has 1 aliphatic rings. The van der Waals surface area contributed by atoms with Crippen molar-refractivity contribution in [1.29, 1.82) is 5.26 Å². The molecule has 1 amide bonds. The normalized spacial score (nSPS) is 12.8. The second-order valence-corrected chi connectivity index (χ2v) is 4.83. The number of halogens is 3. The molecule has 0 aliphatic carbocycles. The van der Waals surface area contributed by atoms with Gasteiger partial charge in [-0.05, 0) is 18.2 Å². The number of benzene rings is 1. The highest BCUT2D eigenvalue weighted by Gasteiger charge is 2.26. The average Bonchev–Trinajstić information content (AvgIpc) is 2.80. The fourth-order valence-corrected chi connectivity index (χ4v) is 2.49. The maximum atomic E-state index is 14.0. The van der Waals surface area contributed by atoms with Gasteiger partial charge in [0.25, 0.3) is 5.91 Å². The van der Waals surface area contributed by atoms with Gasteiger partial charge in [0, 0.05) is 0 Å². The van der Waals surface area contributed by atoms with Crippen LogP contribution < -0.4 is 5.32 Å². The van der Waals surface area contributed by atoms with Crippen LogP contribution in [0.15, 0.2) is 18.2 Å². The third-order valence-corrected chi connectivity index (χ3v) is 3.42. The minimum atomic E-state index is -0.910. The topological polar surface area (TPSA) is 65.8 Å². The first-order chi connectivity index (χ1) is 10.0. The molecule has 0 unspecified atom stereocenters. The first-order valence-corrected chi connectivity index (χ1v) is 6.26. The van der Waals surface area contributed by atoms with Gasteiger partial charge >= 0.3 is 0 Å². The average molecular weight is 306 g/mol. The number of hydrogen-bond acceptors (Lipinski definition) is 3. The molecule has 0 spiro atoms. The predicted molar refractivity (Wildman–Crippen MR) is 70.5 cm³/mol. The van der Waals surface area contributed by atoms with Crippen LogP contribution in [-0.2, 0) is 6.54 Å². The molecule has 0 radical (unpaired) electrons. The van der Waals surface area contributed by atoms with Crippen molar-refractivity contribution in [2.45, 2.75) is 6.54 Å². The van der Waals surface area contributed by atoms with Gasteiger partial charge in [0.1, 0.15) is 11.6 Å². The first kappa shape index (κ1) is 13.5. The van der Waals surface area contributed by atoms with Crippen LogP contribution in [0.5, 0.6) is 0 Å². The molecule has 0 bridgehead atoms. The third kappa shape index (κ3) is 2.12. The van der Waals surface area contributed by atoms with Crippen LogP contribution in [0.3, 0.4) is 0 Å². The van der Waals surface area contributed by atoms with E-state index in [2.05, 4.69) is 10.3 Å². The Morgan fingerprint density at radius 1 is 1.24 bits per heavy atom. The maximum absolute atomic E-state index is 14.0. The van der Waals surface area contributed by atoms with Crippen molar-refractivity contribution in [1.82, 2.24) is 10.3 Å². The zero-order chi connectivity index (χ0) is 15.1. The van der Waals surface area contributed by atoms with Crippen molar-refractivity contribution in [3.8, 4) is 17.3 Å². The molecule has 0 saturated heterocycles. The molecule has 2 heterocycles. The van der Waals surface area contributed by atoms with Gasteiger partial charge in [-0.1, -0.05) is 11.6 Å². The highest BCUT2D eigenvalue weighted by atomic mass is 35.5. The van der Waals surface area contributed by atoms with E-state index < -0.39 is 11.6 Å².